The number of hydrogen-bond donors (Lipinski definition) is 2. The summed E-state index contributed by atoms with van der Waals surface area (Å²) in [5.41, 5.74) is 4.33. The van der Waals surface area contributed by atoms with Crippen LogP contribution in [0.4, 0.5) is 5.95 Å². The second-order valence-corrected chi connectivity index (χ2v) is 9.41. The number of carbonyl (C=O) groups excluding carboxylic acids is 1. The fourth-order valence-electron chi connectivity index (χ4n) is 5.30. The number of nitrogens with one attached hydrogen (secondary N) is 2. The molecule has 2 aliphatic rings. The predicted octanol–water partition coefficient (Wildman–Crippen LogP) is 3.22. The SMILES string of the molecule is CN[C@H]1CC[C@H](Nc2ncc3c(-c4ccc5ncc(C(=O)N6CCCC6)n5c4)ccn3n2)CC1. The number of likely N-dealkylation sites (tertiary alicyclic amines) is 1. The van der Waals surface area contributed by atoms with E-state index in [-0.39, 0.29) is 5.91 Å². The molecule has 9 nitrogen and oxygen atoms in total. The lowest BCUT2D eigenvalue weighted by atomic mass is 9.91. The third-order valence-electron chi connectivity index (χ3n) is 7.31. The summed E-state index contributed by atoms with van der Waals surface area (Å²) < 4.78 is 3.77. The topological polar surface area (TPSA) is 91.9 Å². The Labute approximate surface area is 198 Å². The molecular formula is C25H30N8O. The normalized spacial score (nSPS) is 20.9. The van der Waals surface area contributed by atoms with Crippen molar-refractivity contribution >= 4 is 23.0 Å². The highest BCUT2D eigenvalue weighted by atomic mass is 16.2. The molecule has 2 fully saturated rings. The van der Waals surface area contributed by atoms with Gasteiger partial charge < -0.3 is 15.5 Å². The number of pyridine rings is 1. The molecule has 1 aliphatic carbocycles. The molecule has 176 valence electrons. The quantitative estimate of drug-likeness (QED) is 0.477. The van der Waals surface area contributed by atoms with Crippen LogP contribution in [0.5, 0.6) is 0 Å². The number of carbonyl (C=O) groups is 1. The van der Waals surface area contributed by atoms with E-state index in [2.05, 4.69) is 20.6 Å². The molecule has 2 N–H and O–H groups in total. The first-order valence-corrected chi connectivity index (χ1v) is 12.2. The molecule has 1 saturated heterocycles. The smallest absolute Gasteiger partial charge is 0.272 e. The van der Waals surface area contributed by atoms with Crippen molar-refractivity contribution in [3.8, 4) is 11.1 Å². The van der Waals surface area contributed by atoms with Crippen LogP contribution >= 0.6 is 0 Å². The predicted molar refractivity (Wildman–Crippen MR) is 131 cm³/mol. The van der Waals surface area contributed by atoms with Crippen LogP contribution in [-0.4, -0.2) is 67.0 Å². The number of hydrogen-bond acceptors (Lipinski definition) is 6. The van der Waals surface area contributed by atoms with Crippen LogP contribution in [0.2, 0.25) is 0 Å². The maximum absolute atomic E-state index is 13.0. The van der Waals surface area contributed by atoms with Gasteiger partial charge in [0.2, 0.25) is 5.95 Å². The van der Waals surface area contributed by atoms with E-state index in [0.29, 0.717) is 23.7 Å². The van der Waals surface area contributed by atoms with E-state index in [9.17, 15) is 4.79 Å². The lowest BCUT2D eigenvalue weighted by Gasteiger charge is -2.28. The lowest BCUT2D eigenvalue weighted by Crippen LogP contribution is -2.35. The van der Waals surface area contributed by atoms with Gasteiger partial charge >= 0.3 is 0 Å². The van der Waals surface area contributed by atoms with Gasteiger partial charge in [-0.25, -0.2) is 14.5 Å². The van der Waals surface area contributed by atoms with Crippen LogP contribution < -0.4 is 10.6 Å². The first kappa shape index (κ1) is 21.1. The third-order valence-corrected chi connectivity index (χ3v) is 7.31. The maximum Gasteiger partial charge on any atom is 0.272 e. The average Bonchev–Trinajstić information content (AvgIpc) is 3.63. The van der Waals surface area contributed by atoms with Gasteiger partial charge in [-0.3, -0.25) is 9.20 Å². The Morgan fingerprint density at radius 3 is 2.59 bits per heavy atom. The van der Waals surface area contributed by atoms with Gasteiger partial charge in [0.1, 0.15) is 11.3 Å². The minimum Gasteiger partial charge on any atom is -0.350 e. The highest BCUT2D eigenvalue weighted by molar-refractivity contribution is 5.93. The first-order chi connectivity index (χ1) is 16.7. The zero-order chi connectivity index (χ0) is 23.1. The Hall–Kier alpha value is -3.46. The summed E-state index contributed by atoms with van der Waals surface area (Å²) in [6, 6.07) is 7.07. The molecule has 6 rings (SSSR count). The van der Waals surface area contributed by atoms with Crippen molar-refractivity contribution < 1.29 is 4.79 Å². The molecule has 9 heteroatoms. The van der Waals surface area contributed by atoms with E-state index in [1.54, 1.807) is 6.20 Å². The molecule has 34 heavy (non-hydrogen) atoms. The van der Waals surface area contributed by atoms with Gasteiger partial charge in [0.25, 0.3) is 5.91 Å². The van der Waals surface area contributed by atoms with Crippen LogP contribution in [0.25, 0.3) is 22.3 Å². The second kappa shape index (κ2) is 8.72. The Morgan fingerprint density at radius 1 is 1.00 bits per heavy atom. The van der Waals surface area contributed by atoms with Crippen molar-refractivity contribution in [3.05, 3.63) is 48.7 Å². The first-order valence-electron chi connectivity index (χ1n) is 12.2. The minimum absolute atomic E-state index is 0.0479. The standard InChI is InChI=1S/C25H30N8O/c1-26-18-5-7-19(8-6-18)29-25-28-14-21-20(10-13-33(21)30-25)17-4-9-23-27-15-22(32(23)16-17)24(34)31-11-2-3-12-31/h4,9-10,13-16,18-19,26H,2-3,5-8,11-12H2,1H3,(H,29,30)/t18-,19-. The van der Waals surface area contributed by atoms with E-state index >= 15 is 0 Å². The van der Waals surface area contributed by atoms with Crippen molar-refractivity contribution in [2.75, 3.05) is 25.5 Å². The molecule has 0 radical (unpaired) electrons. The average molecular weight is 459 g/mol. The number of imidazole rings is 1. The highest BCUT2D eigenvalue weighted by Crippen LogP contribution is 2.27. The van der Waals surface area contributed by atoms with E-state index in [0.717, 1.165) is 61.1 Å². The summed E-state index contributed by atoms with van der Waals surface area (Å²) >= 11 is 0. The Balaban J connectivity index is 1.26. The molecule has 1 aliphatic heterocycles. The van der Waals surface area contributed by atoms with Gasteiger partial charge in [-0.1, -0.05) is 0 Å². The van der Waals surface area contributed by atoms with E-state index < -0.39 is 0 Å². The van der Waals surface area contributed by atoms with Gasteiger partial charge in [-0.2, -0.15) is 0 Å². The summed E-state index contributed by atoms with van der Waals surface area (Å²) in [6.07, 6.45) is 14.2. The van der Waals surface area contributed by atoms with Crippen molar-refractivity contribution in [3.63, 3.8) is 0 Å². The number of aromatic nitrogens is 5. The van der Waals surface area contributed by atoms with Crippen molar-refractivity contribution in [1.82, 2.24) is 34.2 Å². The van der Waals surface area contributed by atoms with Crippen LogP contribution in [0.15, 0.2) is 43.0 Å². The molecule has 0 unspecified atom stereocenters. The zero-order valence-electron chi connectivity index (χ0n) is 19.4. The molecular weight excluding hydrogens is 428 g/mol. The maximum atomic E-state index is 13.0. The van der Waals surface area contributed by atoms with Crippen molar-refractivity contribution in [2.45, 2.75) is 50.6 Å². The summed E-state index contributed by atoms with van der Waals surface area (Å²) in [5.74, 6) is 0.706. The molecule has 4 aromatic rings. The van der Waals surface area contributed by atoms with E-state index in [1.165, 1.54) is 12.8 Å². The number of fused-ring (bicyclic) bond motifs is 2. The second-order valence-electron chi connectivity index (χ2n) is 9.41. The molecule has 0 bridgehead atoms. The van der Waals surface area contributed by atoms with Gasteiger partial charge in [-0.15, -0.1) is 5.10 Å². The number of rotatable bonds is 5. The fraction of sp³-hybridized carbons (Fsp3) is 0.440. The van der Waals surface area contributed by atoms with Crippen LogP contribution in [-0.2, 0) is 0 Å². The molecule has 1 saturated carbocycles. The van der Waals surface area contributed by atoms with Crippen LogP contribution in [0, 0.1) is 0 Å². The summed E-state index contributed by atoms with van der Waals surface area (Å²) in [7, 11) is 2.04. The van der Waals surface area contributed by atoms with Gasteiger partial charge in [0.05, 0.1) is 17.9 Å². The number of nitrogens with zero attached hydrogens (tertiary/aromatic N) is 6. The molecule has 1 amide bonds. The molecule has 4 aromatic heterocycles. The summed E-state index contributed by atoms with van der Waals surface area (Å²) in [5, 5.41) is 11.6. The fourth-order valence-corrected chi connectivity index (χ4v) is 5.30. The van der Waals surface area contributed by atoms with E-state index in [4.69, 9.17) is 5.10 Å². The zero-order valence-corrected chi connectivity index (χ0v) is 19.4. The van der Waals surface area contributed by atoms with Gasteiger partial charge in [0, 0.05) is 48.7 Å². The van der Waals surface area contributed by atoms with Gasteiger partial charge in [0.15, 0.2) is 0 Å². The molecule has 5 heterocycles. The monoisotopic (exact) mass is 458 g/mol. The molecule has 0 aromatic carbocycles. The molecule has 0 atom stereocenters. The third kappa shape index (κ3) is 3.79. The summed E-state index contributed by atoms with van der Waals surface area (Å²) in [6.45, 7) is 1.64. The lowest BCUT2D eigenvalue weighted by molar-refractivity contribution is 0.0786. The number of amides is 1. The Morgan fingerprint density at radius 2 is 1.79 bits per heavy atom. The Bertz CT molecular complexity index is 1330. The van der Waals surface area contributed by atoms with Crippen LogP contribution in [0.3, 0.4) is 0 Å². The van der Waals surface area contributed by atoms with Crippen LogP contribution in [0.1, 0.15) is 49.0 Å². The minimum atomic E-state index is 0.0479. The molecule has 0 spiro atoms. The summed E-state index contributed by atoms with van der Waals surface area (Å²) in [4.78, 5) is 24.0. The largest absolute Gasteiger partial charge is 0.350 e. The van der Waals surface area contributed by atoms with E-state index in [1.807, 2.05) is 57.7 Å². The van der Waals surface area contributed by atoms with Crippen molar-refractivity contribution in [1.29, 1.82) is 0 Å². The number of anilines is 1. The van der Waals surface area contributed by atoms with Crippen molar-refractivity contribution in [2.24, 2.45) is 0 Å². The van der Waals surface area contributed by atoms with Gasteiger partial charge in [-0.05, 0) is 63.8 Å². The Kier molecular flexibility index (Phi) is 5.41. The highest BCUT2D eigenvalue weighted by Gasteiger charge is 2.23.